The van der Waals surface area contributed by atoms with Gasteiger partial charge in [-0.15, -0.1) is 11.3 Å². The largest absolute Gasteiger partial charge is 0.486 e. The molecule has 3 heteroatoms. The van der Waals surface area contributed by atoms with Crippen LogP contribution in [0.4, 0.5) is 0 Å². The van der Waals surface area contributed by atoms with Crippen LogP contribution in [-0.2, 0) is 4.74 Å². The lowest BCUT2D eigenvalue weighted by Gasteiger charge is -2.07. The summed E-state index contributed by atoms with van der Waals surface area (Å²) in [5, 5.41) is 0.959. The minimum atomic E-state index is 0.641. The van der Waals surface area contributed by atoms with E-state index in [9.17, 15) is 0 Å². The quantitative estimate of drug-likeness (QED) is 0.728. The van der Waals surface area contributed by atoms with Gasteiger partial charge in [-0.3, -0.25) is 0 Å². The maximum atomic E-state index is 5.52. The molecule has 74 valence electrons. The average Bonchev–Trinajstić information content (AvgIpc) is 2.74. The van der Waals surface area contributed by atoms with E-state index in [4.69, 9.17) is 4.74 Å². The summed E-state index contributed by atoms with van der Waals surface area (Å²) in [4.78, 5) is 4.53. The number of nitrogens with zero attached hydrogens (tertiary/aromatic N) is 1. The summed E-state index contributed by atoms with van der Waals surface area (Å²) in [6.07, 6.45) is 5.95. The van der Waals surface area contributed by atoms with Crippen LogP contribution in [0.15, 0.2) is 42.5 Å². The molecule has 0 aliphatic carbocycles. The van der Waals surface area contributed by atoms with E-state index >= 15 is 0 Å². The molecule has 0 fully saturated rings. The van der Waals surface area contributed by atoms with E-state index in [0.717, 1.165) is 16.3 Å². The molecule has 3 rings (SSSR count). The molecule has 1 aromatic heterocycles. The van der Waals surface area contributed by atoms with Crippen molar-refractivity contribution < 1.29 is 4.74 Å². The van der Waals surface area contributed by atoms with Crippen molar-refractivity contribution in [2.75, 3.05) is 6.61 Å². The zero-order chi connectivity index (χ0) is 10.1. The van der Waals surface area contributed by atoms with E-state index in [-0.39, 0.29) is 0 Å². The van der Waals surface area contributed by atoms with Crippen molar-refractivity contribution in [3.8, 4) is 0 Å². The average molecular weight is 215 g/mol. The topological polar surface area (TPSA) is 22.1 Å². The Morgan fingerprint density at radius 1 is 1.27 bits per heavy atom. The molecule has 0 N–H and O–H groups in total. The Hall–Kier alpha value is -1.61. The molecule has 0 spiro atoms. The van der Waals surface area contributed by atoms with Crippen LogP contribution in [0.2, 0.25) is 0 Å². The van der Waals surface area contributed by atoms with Gasteiger partial charge in [-0.2, -0.15) is 0 Å². The lowest BCUT2D eigenvalue weighted by molar-refractivity contribution is 0.316. The summed E-state index contributed by atoms with van der Waals surface area (Å²) in [5.74, 6) is 0.874. The summed E-state index contributed by atoms with van der Waals surface area (Å²) < 4.78 is 6.72. The Kier molecular flexibility index (Phi) is 2.03. The molecule has 0 saturated heterocycles. The van der Waals surface area contributed by atoms with Crippen LogP contribution in [0, 0.1) is 0 Å². The minimum absolute atomic E-state index is 0.641. The van der Waals surface area contributed by atoms with E-state index < -0.39 is 0 Å². The van der Waals surface area contributed by atoms with Gasteiger partial charge in [-0.25, -0.2) is 4.98 Å². The lowest BCUT2D eigenvalue weighted by atomic mass is 10.3. The first-order valence-electron chi connectivity index (χ1n) is 4.79. The smallest absolute Gasteiger partial charge is 0.159 e. The van der Waals surface area contributed by atoms with Crippen molar-refractivity contribution in [1.29, 1.82) is 0 Å². The molecule has 0 amide bonds. The van der Waals surface area contributed by atoms with Gasteiger partial charge in [-0.05, 0) is 24.3 Å². The van der Waals surface area contributed by atoms with Crippen LogP contribution < -0.4 is 0 Å². The van der Waals surface area contributed by atoms with Gasteiger partial charge in [0.2, 0.25) is 0 Å². The van der Waals surface area contributed by atoms with Gasteiger partial charge >= 0.3 is 0 Å². The number of fused-ring (bicyclic) bond motifs is 1. The van der Waals surface area contributed by atoms with Gasteiger partial charge in [0.05, 0.1) is 10.2 Å². The molecule has 0 unspecified atom stereocenters. The van der Waals surface area contributed by atoms with Gasteiger partial charge in [0.1, 0.15) is 6.61 Å². The highest BCUT2D eigenvalue weighted by Gasteiger charge is 2.09. The van der Waals surface area contributed by atoms with Crippen LogP contribution in [-0.4, -0.2) is 11.6 Å². The zero-order valence-corrected chi connectivity index (χ0v) is 8.83. The molecule has 1 aliphatic rings. The number of ether oxygens (including phenoxy) is 1. The molecule has 2 heterocycles. The number of aromatic nitrogens is 1. The van der Waals surface area contributed by atoms with Crippen molar-refractivity contribution in [1.82, 2.24) is 4.98 Å². The highest BCUT2D eigenvalue weighted by Crippen LogP contribution is 2.28. The number of rotatable bonds is 1. The maximum Gasteiger partial charge on any atom is 0.159 e. The van der Waals surface area contributed by atoms with E-state index in [1.165, 1.54) is 4.70 Å². The van der Waals surface area contributed by atoms with Crippen LogP contribution in [0.3, 0.4) is 0 Å². The maximum absolute atomic E-state index is 5.52. The summed E-state index contributed by atoms with van der Waals surface area (Å²) in [6, 6.07) is 8.13. The number of allylic oxidation sites excluding steroid dienone is 2. The standard InChI is InChI=1S/C12H9NOS/c1-2-7-11-9(5-1)13-12(15-11)10-6-3-4-8-14-10/h1-7H,8H2. The van der Waals surface area contributed by atoms with Gasteiger partial charge in [0, 0.05) is 0 Å². The van der Waals surface area contributed by atoms with Crippen molar-refractivity contribution in [2.45, 2.75) is 0 Å². The van der Waals surface area contributed by atoms with Gasteiger partial charge < -0.3 is 4.74 Å². The van der Waals surface area contributed by atoms with Crippen molar-refractivity contribution in [3.63, 3.8) is 0 Å². The second-order valence-corrected chi connectivity index (χ2v) is 4.29. The minimum Gasteiger partial charge on any atom is -0.486 e. The van der Waals surface area contributed by atoms with E-state index in [1.807, 2.05) is 36.4 Å². The van der Waals surface area contributed by atoms with Crippen molar-refractivity contribution in [2.24, 2.45) is 0 Å². The van der Waals surface area contributed by atoms with Gasteiger partial charge in [0.25, 0.3) is 0 Å². The molecular weight excluding hydrogens is 206 g/mol. The third-order valence-corrected chi connectivity index (χ3v) is 3.27. The molecule has 15 heavy (non-hydrogen) atoms. The van der Waals surface area contributed by atoms with E-state index in [1.54, 1.807) is 11.3 Å². The molecular formula is C12H9NOS. The second kappa shape index (κ2) is 3.51. The first-order chi connectivity index (χ1) is 7.43. The fourth-order valence-corrected chi connectivity index (χ4v) is 2.45. The van der Waals surface area contributed by atoms with E-state index in [0.29, 0.717) is 6.61 Å². The van der Waals surface area contributed by atoms with Crippen molar-refractivity contribution in [3.05, 3.63) is 47.5 Å². The van der Waals surface area contributed by atoms with Gasteiger partial charge in [0.15, 0.2) is 10.8 Å². The number of benzene rings is 1. The van der Waals surface area contributed by atoms with Crippen LogP contribution in [0.5, 0.6) is 0 Å². The van der Waals surface area contributed by atoms with Crippen LogP contribution >= 0.6 is 11.3 Å². The number of hydrogen-bond acceptors (Lipinski definition) is 3. The van der Waals surface area contributed by atoms with E-state index in [2.05, 4.69) is 11.1 Å². The fraction of sp³-hybridized carbons (Fsp3) is 0.0833. The van der Waals surface area contributed by atoms with Crippen molar-refractivity contribution >= 4 is 27.3 Å². The highest BCUT2D eigenvalue weighted by molar-refractivity contribution is 7.19. The second-order valence-electron chi connectivity index (χ2n) is 3.26. The Balaban J connectivity index is 2.11. The third kappa shape index (κ3) is 1.55. The number of thiazole rings is 1. The first-order valence-corrected chi connectivity index (χ1v) is 5.61. The first kappa shape index (κ1) is 8.68. The lowest BCUT2D eigenvalue weighted by Crippen LogP contribution is -1.94. The molecule has 2 aromatic rings. The molecule has 0 saturated carbocycles. The number of para-hydroxylation sites is 1. The monoisotopic (exact) mass is 215 g/mol. The molecule has 1 aromatic carbocycles. The Morgan fingerprint density at radius 2 is 2.20 bits per heavy atom. The zero-order valence-electron chi connectivity index (χ0n) is 8.01. The normalized spacial score (nSPS) is 15.1. The predicted molar refractivity (Wildman–Crippen MR) is 62.7 cm³/mol. The molecule has 0 radical (unpaired) electrons. The summed E-state index contributed by atoms with van der Waals surface area (Å²) >= 11 is 1.67. The molecule has 1 aliphatic heterocycles. The fourth-order valence-electron chi connectivity index (χ4n) is 1.51. The van der Waals surface area contributed by atoms with Crippen LogP contribution in [0.25, 0.3) is 16.0 Å². The predicted octanol–water partition coefficient (Wildman–Crippen LogP) is 3.22. The van der Waals surface area contributed by atoms with Gasteiger partial charge in [-0.1, -0.05) is 18.2 Å². The summed E-state index contributed by atoms with van der Waals surface area (Å²) in [5.41, 5.74) is 1.04. The molecule has 0 atom stereocenters. The Bertz CT molecular complexity index is 521. The summed E-state index contributed by atoms with van der Waals surface area (Å²) in [7, 11) is 0. The number of hydrogen-bond donors (Lipinski definition) is 0. The highest BCUT2D eigenvalue weighted by atomic mass is 32.1. The van der Waals surface area contributed by atoms with Crippen LogP contribution in [0.1, 0.15) is 5.01 Å². The Morgan fingerprint density at radius 3 is 3.00 bits per heavy atom. The molecule has 0 bridgehead atoms. The SMILES string of the molecule is C1=CCOC(c2nc3ccccc3s2)=C1. The Labute approximate surface area is 91.5 Å². The third-order valence-electron chi connectivity index (χ3n) is 2.22. The molecule has 2 nitrogen and oxygen atoms in total. The summed E-state index contributed by atoms with van der Waals surface area (Å²) in [6.45, 7) is 0.641.